The molecule has 0 spiro atoms. The van der Waals surface area contributed by atoms with Crippen molar-refractivity contribution in [1.29, 1.82) is 0 Å². The molecule has 0 saturated heterocycles. The van der Waals surface area contributed by atoms with E-state index >= 15 is 0 Å². The maximum Gasteiger partial charge on any atom is 0.201 e. The van der Waals surface area contributed by atoms with Crippen LogP contribution in [0.2, 0.25) is 0 Å². The van der Waals surface area contributed by atoms with E-state index < -0.39 is 11.5 Å². The van der Waals surface area contributed by atoms with Gasteiger partial charge in [-0.3, -0.25) is 0 Å². The van der Waals surface area contributed by atoms with Crippen LogP contribution in [-0.2, 0) is 6.42 Å². The van der Waals surface area contributed by atoms with E-state index in [2.05, 4.69) is 0 Å². The Morgan fingerprint density at radius 1 is 0.917 bits per heavy atom. The smallest absolute Gasteiger partial charge is 0.201 e. The molecule has 132 valence electrons. The normalized spacial score (nSPS) is 10.5. The fourth-order valence-electron chi connectivity index (χ4n) is 2.90. The van der Waals surface area contributed by atoms with Gasteiger partial charge in [0.05, 0.1) is 0 Å². The third-order valence-electron chi connectivity index (χ3n) is 4.00. The standard InChI is InChI=1S/C18H22O4.C2H6/c1-5-11-8-12(17(21)18(22)16(11)20)15-13(19)7-6-10(4)14(15)9(2)3;1-2/h6-9,19-22H,5H2,1-4H3;1-2H3. The van der Waals surface area contributed by atoms with Crippen LogP contribution in [0, 0.1) is 6.92 Å². The summed E-state index contributed by atoms with van der Waals surface area (Å²) in [5, 5.41) is 40.4. The minimum atomic E-state index is -0.551. The Kier molecular flexibility index (Phi) is 6.52. The number of aromatic hydroxyl groups is 4. The first-order chi connectivity index (χ1) is 11.3. The Balaban J connectivity index is 0.00000139. The topological polar surface area (TPSA) is 80.9 Å². The monoisotopic (exact) mass is 332 g/mol. The molecular formula is C20H28O4. The molecule has 0 aliphatic heterocycles. The maximum absolute atomic E-state index is 10.3. The molecule has 0 amide bonds. The predicted molar refractivity (Wildman–Crippen MR) is 98.1 cm³/mol. The summed E-state index contributed by atoms with van der Waals surface area (Å²) in [4.78, 5) is 0. The Hall–Kier alpha value is -2.36. The van der Waals surface area contributed by atoms with Gasteiger partial charge in [-0.15, -0.1) is 0 Å². The van der Waals surface area contributed by atoms with Crippen molar-refractivity contribution < 1.29 is 20.4 Å². The Morgan fingerprint density at radius 3 is 2.00 bits per heavy atom. The van der Waals surface area contributed by atoms with E-state index in [1.165, 1.54) is 0 Å². The van der Waals surface area contributed by atoms with Gasteiger partial charge in [0.1, 0.15) is 5.75 Å². The van der Waals surface area contributed by atoms with Crippen LogP contribution >= 0.6 is 0 Å². The number of aryl methyl sites for hydroxylation is 2. The van der Waals surface area contributed by atoms with E-state index in [0.717, 1.165) is 11.1 Å². The van der Waals surface area contributed by atoms with Gasteiger partial charge in [-0.2, -0.15) is 0 Å². The first-order valence-electron chi connectivity index (χ1n) is 8.39. The van der Waals surface area contributed by atoms with Gasteiger partial charge >= 0.3 is 0 Å². The molecule has 0 radical (unpaired) electrons. The molecule has 24 heavy (non-hydrogen) atoms. The lowest BCUT2D eigenvalue weighted by atomic mass is 9.87. The highest BCUT2D eigenvalue weighted by atomic mass is 16.3. The second kappa shape index (κ2) is 7.95. The Labute approximate surface area is 144 Å². The molecular weight excluding hydrogens is 304 g/mol. The molecule has 0 atom stereocenters. The number of benzene rings is 2. The number of phenols is 4. The average Bonchev–Trinajstić information content (AvgIpc) is 2.57. The highest BCUT2D eigenvalue weighted by Gasteiger charge is 2.23. The molecule has 0 bridgehead atoms. The summed E-state index contributed by atoms with van der Waals surface area (Å²) in [6, 6.07) is 5.02. The third-order valence-corrected chi connectivity index (χ3v) is 4.00. The lowest BCUT2D eigenvalue weighted by Crippen LogP contribution is -1.98. The van der Waals surface area contributed by atoms with E-state index in [9.17, 15) is 20.4 Å². The summed E-state index contributed by atoms with van der Waals surface area (Å²) in [6.07, 6.45) is 0.496. The molecule has 0 unspecified atom stereocenters. The number of phenolic OH excluding ortho intramolecular Hbond substituents is 4. The van der Waals surface area contributed by atoms with Crippen LogP contribution in [0.1, 0.15) is 57.2 Å². The molecule has 4 nitrogen and oxygen atoms in total. The summed E-state index contributed by atoms with van der Waals surface area (Å²) in [5.74, 6) is -1.12. The summed E-state index contributed by atoms with van der Waals surface area (Å²) in [5.41, 5.74) is 3.24. The zero-order valence-electron chi connectivity index (χ0n) is 15.3. The maximum atomic E-state index is 10.3. The quantitative estimate of drug-likeness (QED) is 0.583. The highest BCUT2D eigenvalue weighted by Crippen LogP contribution is 2.49. The Bertz CT molecular complexity index is 718. The minimum absolute atomic E-state index is 0.0387. The van der Waals surface area contributed by atoms with Crippen molar-refractivity contribution in [3.63, 3.8) is 0 Å². The molecule has 0 saturated carbocycles. The second-order valence-corrected chi connectivity index (χ2v) is 5.83. The first-order valence-corrected chi connectivity index (χ1v) is 8.39. The SMILES string of the molecule is CC.CCc1cc(-c2c(O)ccc(C)c2C(C)C)c(O)c(O)c1O. The van der Waals surface area contributed by atoms with Crippen molar-refractivity contribution in [3.05, 3.63) is 34.9 Å². The van der Waals surface area contributed by atoms with Gasteiger partial charge in [-0.25, -0.2) is 0 Å². The van der Waals surface area contributed by atoms with E-state index in [1.54, 1.807) is 12.1 Å². The fraction of sp³-hybridized carbons (Fsp3) is 0.400. The molecule has 4 heteroatoms. The highest BCUT2D eigenvalue weighted by molar-refractivity contribution is 5.83. The second-order valence-electron chi connectivity index (χ2n) is 5.83. The van der Waals surface area contributed by atoms with Gasteiger partial charge in [0.2, 0.25) is 5.75 Å². The lowest BCUT2D eigenvalue weighted by Gasteiger charge is -2.20. The fourth-order valence-corrected chi connectivity index (χ4v) is 2.90. The average molecular weight is 332 g/mol. The van der Waals surface area contributed by atoms with Gasteiger partial charge in [-0.05, 0) is 48.1 Å². The van der Waals surface area contributed by atoms with Crippen molar-refractivity contribution in [2.24, 2.45) is 0 Å². The van der Waals surface area contributed by atoms with Gasteiger partial charge in [-0.1, -0.05) is 40.7 Å². The van der Waals surface area contributed by atoms with Gasteiger partial charge in [0.25, 0.3) is 0 Å². The first kappa shape index (κ1) is 19.7. The number of hydrogen-bond acceptors (Lipinski definition) is 4. The predicted octanol–water partition coefficient (Wildman–Crippen LogP) is 5.20. The van der Waals surface area contributed by atoms with Crippen LogP contribution in [0.4, 0.5) is 0 Å². The van der Waals surface area contributed by atoms with Crippen molar-refractivity contribution in [2.75, 3.05) is 0 Å². The van der Waals surface area contributed by atoms with Gasteiger partial charge < -0.3 is 20.4 Å². The molecule has 0 aliphatic rings. The van der Waals surface area contributed by atoms with Gasteiger partial charge in [0.15, 0.2) is 11.5 Å². The van der Waals surface area contributed by atoms with Crippen molar-refractivity contribution in [3.8, 4) is 34.1 Å². The molecule has 2 aromatic carbocycles. The molecule has 0 heterocycles. The van der Waals surface area contributed by atoms with Crippen LogP contribution < -0.4 is 0 Å². The largest absolute Gasteiger partial charge is 0.507 e. The molecule has 0 fully saturated rings. The molecule has 4 N–H and O–H groups in total. The van der Waals surface area contributed by atoms with Crippen LogP contribution in [-0.4, -0.2) is 20.4 Å². The summed E-state index contributed by atoms with van der Waals surface area (Å²) >= 11 is 0. The van der Waals surface area contributed by atoms with Crippen LogP contribution in [0.5, 0.6) is 23.0 Å². The number of hydrogen-bond donors (Lipinski definition) is 4. The molecule has 0 aromatic heterocycles. The lowest BCUT2D eigenvalue weighted by molar-refractivity contribution is 0.366. The van der Waals surface area contributed by atoms with E-state index in [-0.39, 0.29) is 17.4 Å². The minimum Gasteiger partial charge on any atom is -0.507 e. The van der Waals surface area contributed by atoms with Crippen molar-refractivity contribution in [1.82, 2.24) is 0 Å². The Morgan fingerprint density at radius 2 is 1.50 bits per heavy atom. The summed E-state index contributed by atoms with van der Waals surface area (Å²) in [6.45, 7) is 11.8. The zero-order valence-corrected chi connectivity index (χ0v) is 15.3. The molecule has 2 aromatic rings. The molecule has 0 aliphatic carbocycles. The third kappa shape index (κ3) is 3.42. The van der Waals surface area contributed by atoms with E-state index in [1.807, 2.05) is 47.6 Å². The summed E-state index contributed by atoms with van der Waals surface area (Å²) in [7, 11) is 0. The van der Waals surface area contributed by atoms with Crippen molar-refractivity contribution in [2.45, 2.75) is 53.9 Å². The molecule has 2 rings (SSSR count). The van der Waals surface area contributed by atoms with Crippen LogP contribution in [0.15, 0.2) is 18.2 Å². The van der Waals surface area contributed by atoms with Crippen LogP contribution in [0.25, 0.3) is 11.1 Å². The van der Waals surface area contributed by atoms with E-state index in [4.69, 9.17) is 0 Å². The van der Waals surface area contributed by atoms with Crippen LogP contribution in [0.3, 0.4) is 0 Å². The summed E-state index contributed by atoms with van der Waals surface area (Å²) < 4.78 is 0. The van der Waals surface area contributed by atoms with Gasteiger partial charge in [0, 0.05) is 11.1 Å². The number of rotatable bonds is 3. The van der Waals surface area contributed by atoms with Crippen molar-refractivity contribution >= 4 is 0 Å². The van der Waals surface area contributed by atoms with E-state index in [0.29, 0.717) is 23.1 Å². The zero-order chi connectivity index (χ0) is 18.6.